The monoisotopic (exact) mass is 540 g/mol. The fourth-order valence-corrected chi connectivity index (χ4v) is 6.24. The van der Waals surface area contributed by atoms with Crippen molar-refractivity contribution in [3.05, 3.63) is 71.9 Å². The number of halogens is 2. The van der Waals surface area contributed by atoms with Gasteiger partial charge in [0, 0.05) is 34.9 Å². The second-order valence-corrected chi connectivity index (χ2v) is 12.0. The van der Waals surface area contributed by atoms with Gasteiger partial charge in [-0.05, 0) is 81.7 Å². The van der Waals surface area contributed by atoms with Gasteiger partial charge in [-0.3, -0.25) is 4.57 Å². The van der Waals surface area contributed by atoms with E-state index in [0.717, 1.165) is 31.1 Å². The lowest BCUT2D eigenvalue weighted by Gasteiger charge is -2.32. The average molecular weight is 541 g/mol. The summed E-state index contributed by atoms with van der Waals surface area (Å²) >= 11 is 0. The van der Waals surface area contributed by atoms with Crippen LogP contribution < -0.4 is 10.4 Å². The maximum atomic E-state index is 14.6. The number of nitrogens with zero attached hydrogens (tertiary/aromatic N) is 3. The summed E-state index contributed by atoms with van der Waals surface area (Å²) < 4.78 is 40.5. The van der Waals surface area contributed by atoms with Crippen LogP contribution in [0.2, 0.25) is 0 Å². The molecule has 0 amide bonds. The minimum absolute atomic E-state index is 0.101. The third-order valence-corrected chi connectivity index (χ3v) is 8.40. The van der Waals surface area contributed by atoms with Crippen molar-refractivity contribution >= 4 is 30.2 Å². The van der Waals surface area contributed by atoms with Crippen LogP contribution in [0.15, 0.2) is 54.7 Å². The van der Waals surface area contributed by atoms with Crippen LogP contribution in [0, 0.1) is 11.6 Å². The van der Waals surface area contributed by atoms with Gasteiger partial charge in [-0.2, -0.15) is 4.98 Å². The highest BCUT2D eigenvalue weighted by Gasteiger charge is 2.23. The summed E-state index contributed by atoms with van der Waals surface area (Å²) in [6.45, 7) is 0. The van der Waals surface area contributed by atoms with Gasteiger partial charge in [-0.15, -0.1) is 0 Å². The lowest BCUT2D eigenvalue weighted by atomic mass is 9.91. The number of aromatic amines is 1. The summed E-state index contributed by atoms with van der Waals surface area (Å²) in [6.07, 6.45) is 5.84. The number of rotatable bonds is 8. The summed E-state index contributed by atoms with van der Waals surface area (Å²) in [5.41, 5.74) is 2.29. The number of aromatic nitrogens is 3. The van der Waals surface area contributed by atoms with Crippen molar-refractivity contribution in [1.82, 2.24) is 19.9 Å². The van der Waals surface area contributed by atoms with Crippen LogP contribution in [0.1, 0.15) is 31.2 Å². The second kappa shape index (κ2) is 10.8. The van der Waals surface area contributed by atoms with E-state index in [4.69, 9.17) is 0 Å². The largest absolute Gasteiger partial charge is 0.351 e. The molecule has 8 nitrogen and oxygen atoms in total. The van der Waals surface area contributed by atoms with E-state index >= 15 is 0 Å². The second-order valence-electron chi connectivity index (χ2n) is 10.1. The normalized spacial score (nSPS) is 19.4. The van der Waals surface area contributed by atoms with Crippen molar-refractivity contribution in [1.29, 1.82) is 0 Å². The Labute approximate surface area is 220 Å². The van der Waals surface area contributed by atoms with Crippen LogP contribution >= 0.6 is 7.52 Å². The molecule has 1 saturated carbocycles. The van der Waals surface area contributed by atoms with Crippen molar-refractivity contribution in [2.75, 3.05) is 24.5 Å². The first-order chi connectivity index (χ1) is 18.1. The topological polar surface area (TPSA) is 106 Å². The number of hydrogen-bond donors (Lipinski definition) is 4. The zero-order chi connectivity index (χ0) is 26.9. The molecule has 0 bridgehead atoms. The predicted octanol–water partition coefficient (Wildman–Crippen LogP) is 5.99. The van der Waals surface area contributed by atoms with Crippen molar-refractivity contribution in [3.63, 3.8) is 0 Å². The van der Waals surface area contributed by atoms with Gasteiger partial charge in [0.2, 0.25) is 5.95 Å². The SMILES string of the molecule is CN(C)C1CCC(Nc2ncc3cc(-c4ccc(F)c(NP(=O)(O)Cc5ccc(F)cc5)c4)[nH]c3n2)CC1. The van der Waals surface area contributed by atoms with Gasteiger partial charge in [0.25, 0.3) is 7.52 Å². The smallest absolute Gasteiger partial charge is 0.295 e. The maximum absolute atomic E-state index is 14.6. The molecule has 2 heterocycles. The third kappa shape index (κ3) is 6.20. The Morgan fingerprint density at radius 2 is 1.82 bits per heavy atom. The molecule has 0 saturated heterocycles. The molecule has 0 aliphatic heterocycles. The van der Waals surface area contributed by atoms with Gasteiger partial charge >= 0.3 is 0 Å². The zero-order valence-electron chi connectivity index (χ0n) is 21.3. The summed E-state index contributed by atoms with van der Waals surface area (Å²) in [5.74, 6) is -0.539. The van der Waals surface area contributed by atoms with Gasteiger partial charge in [-0.25, -0.2) is 13.8 Å². The van der Waals surface area contributed by atoms with Crippen LogP contribution in [-0.2, 0) is 10.7 Å². The molecule has 0 radical (unpaired) electrons. The van der Waals surface area contributed by atoms with E-state index in [2.05, 4.69) is 44.4 Å². The maximum Gasteiger partial charge on any atom is 0.295 e. The molecule has 2 aromatic heterocycles. The highest BCUT2D eigenvalue weighted by Crippen LogP contribution is 2.45. The molecule has 0 spiro atoms. The van der Waals surface area contributed by atoms with E-state index < -0.39 is 19.2 Å². The molecule has 1 aliphatic rings. The number of benzene rings is 2. The average Bonchev–Trinajstić information content (AvgIpc) is 3.30. The summed E-state index contributed by atoms with van der Waals surface area (Å²) in [6, 6.07) is 12.4. The molecule has 1 atom stereocenters. The molecule has 1 fully saturated rings. The molecule has 38 heavy (non-hydrogen) atoms. The Kier molecular flexibility index (Phi) is 7.47. The molecule has 4 N–H and O–H groups in total. The van der Waals surface area contributed by atoms with E-state index in [-0.39, 0.29) is 11.8 Å². The predicted molar refractivity (Wildman–Crippen MR) is 146 cm³/mol. The van der Waals surface area contributed by atoms with E-state index in [1.54, 1.807) is 12.3 Å². The van der Waals surface area contributed by atoms with Crippen molar-refractivity contribution in [2.24, 2.45) is 0 Å². The number of nitrogens with one attached hydrogen (secondary N) is 3. The Bertz CT molecular complexity index is 1470. The molecule has 2 aromatic carbocycles. The fraction of sp³-hybridized carbons (Fsp3) is 0.333. The highest BCUT2D eigenvalue weighted by atomic mass is 31.2. The molecule has 4 aromatic rings. The van der Waals surface area contributed by atoms with Crippen LogP contribution in [0.3, 0.4) is 0 Å². The number of hydrogen-bond acceptors (Lipinski definition) is 5. The fourth-order valence-electron chi connectivity index (χ4n) is 4.90. The van der Waals surface area contributed by atoms with Gasteiger partial charge < -0.3 is 25.2 Å². The first-order valence-corrected chi connectivity index (χ1v) is 14.4. The van der Waals surface area contributed by atoms with Crippen LogP contribution in [0.5, 0.6) is 0 Å². The van der Waals surface area contributed by atoms with Crippen molar-refractivity contribution < 1.29 is 18.2 Å². The minimum atomic E-state index is -4.01. The van der Waals surface area contributed by atoms with Gasteiger partial charge in [0.15, 0.2) is 0 Å². The minimum Gasteiger partial charge on any atom is -0.351 e. The molecule has 200 valence electrons. The number of anilines is 2. The van der Waals surface area contributed by atoms with Gasteiger partial charge in [-0.1, -0.05) is 12.1 Å². The highest BCUT2D eigenvalue weighted by molar-refractivity contribution is 7.58. The zero-order valence-corrected chi connectivity index (χ0v) is 22.2. The van der Waals surface area contributed by atoms with Crippen molar-refractivity contribution in [3.8, 4) is 11.3 Å². The molecular weight excluding hydrogens is 509 g/mol. The lowest BCUT2D eigenvalue weighted by Crippen LogP contribution is -2.36. The molecule has 5 rings (SSSR count). The molecule has 1 unspecified atom stereocenters. The molecule has 11 heteroatoms. The third-order valence-electron chi connectivity index (χ3n) is 7.01. The summed E-state index contributed by atoms with van der Waals surface area (Å²) in [4.78, 5) is 25.1. The van der Waals surface area contributed by atoms with E-state index in [1.165, 1.54) is 36.4 Å². The number of fused-ring (bicyclic) bond motifs is 1. The quantitative estimate of drug-likeness (QED) is 0.204. The Morgan fingerprint density at radius 3 is 2.53 bits per heavy atom. The Balaban J connectivity index is 1.30. The Morgan fingerprint density at radius 1 is 1.08 bits per heavy atom. The molecular formula is C27H31F2N6O2P. The first-order valence-electron chi connectivity index (χ1n) is 12.6. The standard InChI is InChI=1S/C27H31F2N6O2P/c1-35(2)22-10-8-21(9-11-22)31-27-30-15-19-14-24(32-26(19)33-27)18-5-12-23(29)25(13-18)34-38(36,37)16-17-3-6-20(28)7-4-17/h3-7,12-15,21-22H,8-11,16H2,1-2H3,(H2,34,36,37)(H2,30,31,32,33). The van der Waals surface area contributed by atoms with E-state index in [9.17, 15) is 18.2 Å². The number of H-pyrrole nitrogens is 1. The van der Waals surface area contributed by atoms with Crippen LogP contribution in [0.4, 0.5) is 20.4 Å². The summed E-state index contributed by atoms with van der Waals surface area (Å²) in [7, 11) is 0.232. The van der Waals surface area contributed by atoms with Crippen molar-refractivity contribution in [2.45, 2.75) is 43.9 Å². The van der Waals surface area contributed by atoms with Gasteiger partial charge in [0.1, 0.15) is 17.3 Å². The van der Waals surface area contributed by atoms with Gasteiger partial charge in [0.05, 0.1) is 11.8 Å². The molecule has 1 aliphatic carbocycles. The van der Waals surface area contributed by atoms with Crippen LogP contribution in [-0.4, -0.2) is 50.9 Å². The first kappa shape index (κ1) is 26.3. The van der Waals surface area contributed by atoms with Crippen LogP contribution in [0.25, 0.3) is 22.3 Å². The Hall–Kier alpha value is -3.33. The van der Waals surface area contributed by atoms with E-state index in [1.807, 2.05) is 6.07 Å². The van der Waals surface area contributed by atoms with E-state index in [0.29, 0.717) is 40.5 Å². The summed E-state index contributed by atoms with van der Waals surface area (Å²) in [5, 5.41) is 6.69. The lowest BCUT2D eigenvalue weighted by molar-refractivity contribution is 0.221.